The summed E-state index contributed by atoms with van der Waals surface area (Å²) in [5.74, 6) is -1.32. The van der Waals surface area contributed by atoms with Crippen molar-refractivity contribution in [1.82, 2.24) is 0 Å². The molecule has 16 heavy (non-hydrogen) atoms. The van der Waals surface area contributed by atoms with Crippen molar-refractivity contribution in [3.8, 4) is 11.8 Å². The number of methoxy groups -OCH3 is 1. The van der Waals surface area contributed by atoms with Crippen molar-refractivity contribution < 1.29 is 19.1 Å². The maximum atomic E-state index is 10.9. The van der Waals surface area contributed by atoms with Crippen LogP contribution in [0.1, 0.15) is 16.1 Å². The standard InChI is InChI=1S/C11H7NO4/c1-15-9-7-4-6(5-12)2-3-8(7)16-10(9)11(13)14/h2-4H,1H3,(H,13,14). The molecular formula is C11H7NO4. The normalized spacial score (nSPS) is 10.0. The van der Waals surface area contributed by atoms with Crippen LogP contribution >= 0.6 is 0 Å². The molecule has 1 aromatic heterocycles. The van der Waals surface area contributed by atoms with Crippen LogP contribution in [-0.2, 0) is 0 Å². The van der Waals surface area contributed by atoms with Crippen LogP contribution < -0.4 is 4.74 Å². The summed E-state index contributed by atoms with van der Waals surface area (Å²) in [6, 6.07) is 6.59. The van der Waals surface area contributed by atoms with E-state index in [1.54, 1.807) is 12.1 Å². The molecule has 0 bridgehead atoms. The molecule has 0 aliphatic rings. The van der Waals surface area contributed by atoms with Crippen LogP contribution in [0.25, 0.3) is 11.0 Å². The number of hydrogen-bond donors (Lipinski definition) is 1. The average Bonchev–Trinajstić information content (AvgIpc) is 2.66. The molecule has 1 N–H and O–H groups in total. The maximum absolute atomic E-state index is 10.9. The van der Waals surface area contributed by atoms with Crippen molar-refractivity contribution in [1.29, 1.82) is 5.26 Å². The Balaban J connectivity index is 2.79. The van der Waals surface area contributed by atoms with Gasteiger partial charge in [0.25, 0.3) is 5.76 Å². The van der Waals surface area contributed by atoms with Crippen molar-refractivity contribution in [2.75, 3.05) is 7.11 Å². The van der Waals surface area contributed by atoms with Crippen LogP contribution in [0.4, 0.5) is 0 Å². The van der Waals surface area contributed by atoms with Gasteiger partial charge in [-0.1, -0.05) is 0 Å². The Morgan fingerprint density at radius 1 is 1.56 bits per heavy atom. The minimum Gasteiger partial charge on any atom is -0.492 e. The van der Waals surface area contributed by atoms with E-state index in [2.05, 4.69) is 0 Å². The van der Waals surface area contributed by atoms with Gasteiger partial charge >= 0.3 is 5.97 Å². The number of rotatable bonds is 2. The second kappa shape index (κ2) is 3.59. The summed E-state index contributed by atoms with van der Waals surface area (Å²) in [5.41, 5.74) is 0.803. The largest absolute Gasteiger partial charge is 0.492 e. The van der Waals surface area contributed by atoms with Crippen molar-refractivity contribution in [3.63, 3.8) is 0 Å². The summed E-state index contributed by atoms with van der Waals surface area (Å²) in [6.07, 6.45) is 0. The van der Waals surface area contributed by atoms with Crippen molar-refractivity contribution in [2.24, 2.45) is 0 Å². The third-order valence-corrected chi connectivity index (χ3v) is 2.17. The Morgan fingerprint density at radius 2 is 2.31 bits per heavy atom. The number of carboxylic acid groups (broad SMARTS) is 1. The van der Waals surface area contributed by atoms with Gasteiger partial charge in [0.2, 0.25) is 0 Å². The molecule has 0 unspecified atom stereocenters. The molecule has 80 valence electrons. The van der Waals surface area contributed by atoms with Crippen molar-refractivity contribution in [2.45, 2.75) is 0 Å². The van der Waals surface area contributed by atoms with E-state index in [1.807, 2.05) is 6.07 Å². The zero-order valence-corrected chi connectivity index (χ0v) is 8.35. The topological polar surface area (TPSA) is 83.5 Å². The molecule has 0 saturated carbocycles. The summed E-state index contributed by atoms with van der Waals surface area (Å²) in [6.45, 7) is 0. The summed E-state index contributed by atoms with van der Waals surface area (Å²) >= 11 is 0. The number of nitrogens with zero attached hydrogens (tertiary/aromatic N) is 1. The highest BCUT2D eigenvalue weighted by Crippen LogP contribution is 2.33. The molecule has 0 spiro atoms. The monoisotopic (exact) mass is 217 g/mol. The molecule has 0 aliphatic heterocycles. The lowest BCUT2D eigenvalue weighted by Gasteiger charge is -1.96. The van der Waals surface area contributed by atoms with Gasteiger partial charge < -0.3 is 14.3 Å². The summed E-state index contributed by atoms with van der Waals surface area (Å²) < 4.78 is 10.1. The van der Waals surface area contributed by atoms with Gasteiger partial charge in [-0.05, 0) is 18.2 Å². The highest BCUT2D eigenvalue weighted by molar-refractivity contribution is 5.98. The van der Waals surface area contributed by atoms with Crippen LogP contribution in [0.15, 0.2) is 22.6 Å². The smallest absolute Gasteiger partial charge is 0.375 e. The van der Waals surface area contributed by atoms with Crippen molar-refractivity contribution >= 4 is 16.9 Å². The molecule has 1 heterocycles. The molecule has 1 aromatic carbocycles. The number of carboxylic acids is 1. The Bertz CT molecular complexity index is 606. The van der Waals surface area contributed by atoms with E-state index in [-0.39, 0.29) is 11.5 Å². The minimum atomic E-state index is -1.20. The second-order valence-corrected chi connectivity index (χ2v) is 3.09. The quantitative estimate of drug-likeness (QED) is 0.831. The number of aromatic carboxylic acids is 1. The van der Waals surface area contributed by atoms with Crippen molar-refractivity contribution in [3.05, 3.63) is 29.5 Å². The lowest BCUT2D eigenvalue weighted by Crippen LogP contribution is -1.96. The molecule has 2 aromatic rings. The molecule has 0 aliphatic carbocycles. The Morgan fingerprint density at radius 3 is 2.88 bits per heavy atom. The van der Waals surface area contributed by atoms with E-state index >= 15 is 0 Å². The predicted octanol–water partition coefficient (Wildman–Crippen LogP) is 2.01. The van der Waals surface area contributed by atoms with Crippen LogP contribution in [-0.4, -0.2) is 18.2 Å². The van der Waals surface area contributed by atoms with Gasteiger partial charge in [-0.2, -0.15) is 5.26 Å². The van der Waals surface area contributed by atoms with Crippen LogP contribution in [0.2, 0.25) is 0 Å². The number of benzene rings is 1. The molecule has 0 fully saturated rings. The first-order valence-electron chi connectivity index (χ1n) is 4.41. The zero-order chi connectivity index (χ0) is 11.7. The predicted molar refractivity (Wildman–Crippen MR) is 54.4 cm³/mol. The third kappa shape index (κ3) is 1.37. The third-order valence-electron chi connectivity index (χ3n) is 2.17. The average molecular weight is 217 g/mol. The lowest BCUT2D eigenvalue weighted by atomic mass is 10.1. The first kappa shape index (κ1) is 10.1. The summed E-state index contributed by atoms with van der Waals surface area (Å²) in [4.78, 5) is 10.9. The maximum Gasteiger partial charge on any atom is 0.375 e. The molecule has 2 rings (SSSR count). The SMILES string of the molecule is COc1c(C(=O)O)oc2ccc(C#N)cc12. The number of furan rings is 1. The van der Waals surface area contributed by atoms with Crippen LogP contribution in [0, 0.1) is 11.3 Å². The number of carbonyl (C=O) groups is 1. The summed E-state index contributed by atoms with van der Waals surface area (Å²) in [7, 11) is 1.36. The number of nitriles is 1. The Hall–Kier alpha value is -2.48. The minimum absolute atomic E-state index is 0.139. The van der Waals surface area contributed by atoms with Gasteiger partial charge in [0.15, 0.2) is 5.75 Å². The fraction of sp³-hybridized carbons (Fsp3) is 0.0909. The molecule has 0 radical (unpaired) electrons. The highest BCUT2D eigenvalue weighted by atomic mass is 16.5. The molecule has 5 heteroatoms. The van der Waals surface area contributed by atoms with Gasteiger partial charge in [0, 0.05) is 0 Å². The van der Waals surface area contributed by atoms with E-state index in [1.165, 1.54) is 13.2 Å². The molecule has 0 saturated heterocycles. The highest BCUT2D eigenvalue weighted by Gasteiger charge is 2.20. The molecule has 0 atom stereocenters. The lowest BCUT2D eigenvalue weighted by molar-refractivity contribution is 0.0660. The van der Waals surface area contributed by atoms with Crippen LogP contribution in [0.3, 0.4) is 0 Å². The fourth-order valence-electron chi connectivity index (χ4n) is 1.49. The number of ether oxygens (including phenoxy) is 1. The Kier molecular flexibility index (Phi) is 2.25. The number of fused-ring (bicyclic) bond motifs is 1. The van der Waals surface area contributed by atoms with Gasteiger partial charge in [0.05, 0.1) is 24.1 Å². The van der Waals surface area contributed by atoms with Gasteiger partial charge in [-0.15, -0.1) is 0 Å². The van der Waals surface area contributed by atoms with E-state index in [0.717, 1.165) is 0 Å². The van der Waals surface area contributed by atoms with Gasteiger partial charge in [-0.25, -0.2) is 4.79 Å². The van der Waals surface area contributed by atoms with E-state index in [9.17, 15) is 4.79 Å². The van der Waals surface area contributed by atoms with Gasteiger partial charge in [0.1, 0.15) is 5.58 Å². The molecule has 5 nitrogen and oxygen atoms in total. The first-order chi connectivity index (χ1) is 7.67. The fourth-order valence-corrected chi connectivity index (χ4v) is 1.49. The first-order valence-corrected chi connectivity index (χ1v) is 4.41. The molecule has 0 amide bonds. The van der Waals surface area contributed by atoms with E-state index < -0.39 is 5.97 Å². The second-order valence-electron chi connectivity index (χ2n) is 3.09. The number of hydrogen-bond acceptors (Lipinski definition) is 4. The Labute approximate surface area is 90.5 Å². The van der Waals surface area contributed by atoms with Gasteiger partial charge in [-0.3, -0.25) is 0 Å². The zero-order valence-electron chi connectivity index (χ0n) is 8.35. The molecular weight excluding hydrogens is 210 g/mol. The van der Waals surface area contributed by atoms with E-state index in [0.29, 0.717) is 16.5 Å². The van der Waals surface area contributed by atoms with E-state index in [4.69, 9.17) is 19.5 Å². The van der Waals surface area contributed by atoms with Crippen LogP contribution in [0.5, 0.6) is 5.75 Å². The summed E-state index contributed by atoms with van der Waals surface area (Å²) in [5, 5.41) is 18.1.